The molecule has 0 heterocycles. The number of rotatable bonds is 4. The molecule has 1 aliphatic rings. The molecule has 1 aliphatic carbocycles. The zero-order valence-corrected chi connectivity index (χ0v) is 10.3. The molecule has 0 spiro atoms. The van der Waals surface area contributed by atoms with Crippen LogP contribution in [0.5, 0.6) is 0 Å². The van der Waals surface area contributed by atoms with Crippen LogP contribution in [0.15, 0.2) is 0 Å². The second kappa shape index (κ2) is 5.13. The van der Waals surface area contributed by atoms with Crippen LogP contribution in [0.2, 0.25) is 0 Å². The molecule has 1 rings (SSSR count). The van der Waals surface area contributed by atoms with Crippen LogP contribution in [0.3, 0.4) is 0 Å². The first-order valence-electron chi connectivity index (χ1n) is 5.93. The summed E-state index contributed by atoms with van der Waals surface area (Å²) >= 11 is 0. The standard InChI is InChI=1S/C12H26N2/c1-12(2,14(3)4)10-13-11-8-6-5-7-9-11/h11,13H,5-10H2,1-4H3. The zero-order valence-electron chi connectivity index (χ0n) is 10.3. The van der Waals surface area contributed by atoms with E-state index in [2.05, 4.69) is 38.2 Å². The van der Waals surface area contributed by atoms with Gasteiger partial charge in [-0.1, -0.05) is 19.3 Å². The molecule has 84 valence electrons. The van der Waals surface area contributed by atoms with Crippen molar-refractivity contribution in [3.8, 4) is 0 Å². The van der Waals surface area contributed by atoms with Crippen LogP contribution in [0, 0.1) is 0 Å². The lowest BCUT2D eigenvalue weighted by Gasteiger charge is -2.35. The first kappa shape index (κ1) is 12.0. The van der Waals surface area contributed by atoms with Crippen molar-refractivity contribution in [1.29, 1.82) is 0 Å². The van der Waals surface area contributed by atoms with Gasteiger partial charge in [0.05, 0.1) is 0 Å². The maximum absolute atomic E-state index is 3.70. The minimum absolute atomic E-state index is 0.275. The van der Waals surface area contributed by atoms with Crippen molar-refractivity contribution in [3.63, 3.8) is 0 Å². The quantitative estimate of drug-likeness (QED) is 0.745. The SMILES string of the molecule is CN(C)C(C)(C)CNC1CCCCC1. The zero-order chi connectivity index (χ0) is 10.6. The normalized spacial score (nSPS) is 20.4. The summed E-state index contributed by atoms with van der Waals surface area (Å²) in [7, 11) is 4.31. The summed E-state index contributed by atoms with van der Waals surface area (Å²) in [5.74, 6) is 0. The van der Waals surface area contributed by atoms with Crippen LogP contribution >= 0.6 is 0 Å². The molecule has 0 aromatic heterocycles. The van der Waals surface area contributed by atoms with Crippen LogP contribution in [0.1, 0.15) is 46.0 Å². The fourth-order valence-electron chi connectivity index (χ4n) is 1.86. The Balaban J connectivity index is 2.24. The first-order valence-corrected chi connectivity index (χ1v) is 5.93. The molecule has 0 atom stereocenters. The van der Waals surface area contributed by atoms with Gasteiger partial charge >= 0.3 is 0 Å². The Morgan fingerprint density at radius 1 is 1.14 bits per heavy atom. The molecular formula is C12H26N2. The molecule has 0 aromatic carbocycles. The number of nitrogens with one attached hydrogen (secondary N) is 1. The van der Waals surface area contributed by atoms with Crippen molar-refractivity contribution in [2.45, 2.75) is 57.5 Å². The summed E-state index contributed by atoms with van der Waals surface area (Å²) in [6.45, 7) is 5.69. The lowest BCUT2D eigenvalue weighted by molar-refractivity contribution is 0.179. The van der Waals surface area contributed by atoms with Crippen molar-refractivity contribution in [2.75, 3.05) is 20.6 Å². The third kappa shape index (κ3) is 3.58. The minimum atomic E-state index is 0.275. The summed E-state index contributed by atoms with van der Waals surface area (Å²) in [5.41, 5.74) is 0.275. The maximum atomic E-state index is 3.70. The molecule has 0 amide bonds. The molecule has 0 radical (unpaired) electrons. The van der Waals surface area contributed by atoms with Gasteiger partial charge in [-0.2, -0.15) is 0 Å². The maximum Gasteiger partial charge on any atom is 0.0271 e. The predicted molar refractivity (Wildman–Crippen MR) is 62.6 cm³/mol. The second-order valence-electron chi connectivity index (χ2n) is 5.42. The molecular weight excluding hydrogens is 172 g/mol. The van der Waals surface area contributed by atoms with Gasteiger partial charge in [0.15, 0.2) is 0 Å². The Kier molecular flexibility index (Phi) is 4.39. The lowest BCUT2D eigenvalue weighted by atomic mass is 9.94. The molecule has 1 fully saturated rings. The summed E-state index contributed by atoms with van der Waals surface area (Å²) in [5, 5.41) is 3.70. The van der Waals surface area contributed by atoms with Crippen LogP contribution < -0.4 is 5.32 Å². The molecule has 0 saturated heterocycles. The van der Waals surface area contributed by atoms with Crippen LogP contribution in [-0.2, 0) is 0 Å². The number of hydrogen-bond donors (Lipinski definition) is 1. The third-order valence-electron chi connectivity index (χ3n) is 3.64. The highest BCUT2D eigenvalue weighted by atomic mass is 15.2. The van der Waals surface area contributed by atoms with E-state index < -0.39 is 0 Å². The van der Waals surface area contributed by atoms with Crippen molar-refractivity contribution >= 4 is 0 Å². The van der Waals surface area contributed by atoms with Crippen molar-refractivity contribution in [1.82, 2.24) is 10.2 Å². The molecule has 0 bridgehead atoms. The predicted octanol–water partition coefficient (Wildman–Crippen LogP) is 2.25. The fraction of sp³-hybridized carbons (Fsp3) is 1.00. The highest BCUT2D eigenvalue weighted by molar-refractivity contribution is 4.82. The Morgan fingerprint density at radius 2 is 1.71 bits per heavy atom. The molecule has 0 aromatic rings. The first-order chi connectivity index (χ1) is 6.52. The fourth-order valence-corrected chi connectivity index (χ4v) is 1.86. The molecule has 1 N–H and O–H groups in total. The van der Waals surface area contributed by atoms with Gasteiger partial charge in [0.1, 0.15) is 0 Å². The summed E-state index contributed by atoms with van der Waals surface area (Å²) in [6, 6.07) is 0.781. The van der Waals surface area contributed by atoms with Gasteiger partial charge in [0.25, 0.3) is 0 Å². The van der Waals surface area contributed by atoms with E-state index in [4.69, 9.17) is 0 Å². The molecule has 1 saturated carbocycles. The van der Waals surface area contributed by atoms with Gasteiger partial charge in [-0.3, -0.25) is 0 Å². The molecule has 2 heteroatoms. The molecule has 0 unspecified atom stereocenters. The Hall–Kier alpha value is -0.0800. The Morgan fingerprint density at radius 3 is 2.21 bits per heavy atom. The van der Waals surface area contributed by atoms with E-state index in [0.717, 1.165) is 12.6 Å². The topological polar surface area (TPSA) is 15.3 Å². The number of nitrogens with zero attached hydrogens (tertiary/aromatic N) is 1. The summed E-state index contributed by atoms with van der Waals surface area (Å²) in [6.07, 6.45) is 7.03. The van der Waals surface area contributed by atoms with Crippen LogP contribution in [0.4, 0.5) is 0 Å². The smallest absolute Gasteiger partial charge is 0.0271 e. The van der Waals surface area contributed by atoms with Crippen LogP contribution in [-0.4, -0.2) is 37.1 Å². The van der Waals surface area contributed by atoms with Gasteiger partial charge < -0.3 is 10.2 Å². The Bertz CT molecular complexity index is 158. The van der Waals surface area contributed by atoms with E-state index in [1.54, 1.807) is 0 Å². The van der Waals surface area contributed by atoms with E-state index in [9.17, 15) is 0 Å². The third-order valence-corrected chi connectivity index (χ3v) is 3.64. The van der Waals surface area contributed by atoms with Gasteiger partial charge in [0.2, 0.25) is 0 Å². The number of likely N-dealkylation sites (N-methyl/N-ethyl adjacent to an activating group) is 1. The molecule has 14 heavy (non-hydrogen) atoms. The average Bonchev–Trinajstić information content (AvgIpc) is 2.16. The van der Waals surface area contributed by atoms with E-state index in [-0.39, 0.29) is 5.54 Å². The molecule has 2 nitrogen and oxygen atoms in total. The largest absolute Gasteiger partial charge is 0.312 e. The van der Waals surface area contributed by atoms with E-state index in [0.29, 0.717) is 0 Å². The van der Waals surface area contributed by atoms with Gasteiger partial charge in [-0.25, -0.2) is 0 Å². The average molecular weight is 198 g/mol. The Labute approximate surface area is 89.1 Å². The van der Waals surface area contributed by atoms with E-state index in [1.165, 1.54) is 32.1 Å². The summed E-state index contributed by atoms with van der Waals surface area (Å²) < 4.78 is 0. The van der Waals surface area contributed by atoms with Crippen molar-refractivity contribution in [2.24, 2.45) is 0 Å². The van der Waals surface area contributed by atoms with E-state index in [1.807, 2.05) is 0 Å². The monoisotopic (exact) mass is 198 g/mol. The minimum Gasteiger partial charge on any atom is -0.312 e. The summed E-state index contributed by atoms with van der Waals surface area (Å²) in [4.78, 5) is 2.29. The van der Waals surface area contributed by atoms with Crippen molar-refractivity contribution < 1.29 is 0 Å². The van der Waals surface area contributed by atoms with Crippen molar-refractivity contribution in [3.05, 3.63) is 0 Å². The highest BCUT2D eigenvalue weighted by Crippen LogP contribution is 2.18. The van der Waals surface area contributed by atoms with Crippen LogP contribution in [0.25, 0.3) is 0 Å². The number of hydrogen-bond acceptors (Lipinski definition) is 2. The highest BCUT2D eigenvalue weighted by Gasteiger charge is 2.22. The second-order valence-corrected chi connectivity index (χ2v) is 5.42. The van der Waals surface area contributed by atoms with Gasteiger partial charge in [-0.05, 0) is 40.8 Å². The molecule has 0 aliphatic heterocycles. The van der Waals surface area contributed by atoms with E-state index >= 15 is 0 Å². The lowest BCUT2D eigenvalue weighted by Crippen LogP contribution is -2.49. The van der Waals surface area contributed by atoms with Gasteiger partial charge in [-0.15, -0.1) is 0 Å². The van der Waals surface area contributed by atoms with Gasteiger partial charge in [0, 0.05) is 18.1 Å².